The van der Waals surface area contributed by atoms with E-state index in [0.717, 1.165) is 37.0 Å². The summed E-state index contributed by atoms with van der Waals surface area (Å²) in [6.07, 6.45) is 4.10. The van der Waals surface area contributed by atoms with Crippen LogP contribution in [0.25, 0.3) is 10.1 Å². The Bertz CT molecular complexity index is 1090. The maximum absolute atomic E-state index is 14.1. The van der Waals surface area contributed by atoms with Gasteiger partial charge in [-0.15, -0.1) is 11.3 Å². The molecule has 1 aromatic heterocycles. The predicted octanol–water partition coefficient (Wildman–Crippen LogP) is 3.46. The molecule has 0 spiro atoms. The highest BCUT2D eigenvalue weighted by Crippen LogP contribution is 2.33. The lowest BCUT2D eigenvalue weighted by molar-refractivity contribution is -0.139. The van der Waals surface area contributed by atoms with Crippen LogP contribution in [0.4, 0.5) is 4.39 Å². The summed E-state index contributed by atoms with van der Waals surface area (Å²) in [5.41, 5.74) is 0.500. The maximum atomic E-state index is 14.1. The van der Waals surface area contributed by atoms with Gasteiger partial charge in [0.2, 0.25) is 0 Å². The van der Waals surface area contributed by atoms with Crippen molar-refractivity contribution in [3.05, 3.63) is 34.5 Å². The van der Waals surface area contributed by atoms with Gasteiger partial charge >= 0.3 is 5.97 Å². The zero-order valence-corrected chi connectivity index (χ0v) is 18.4. The second kappa shape index (κ2) is 8.26. The zero-order chi connectivity index (χ0) is 21.5. The minimum Gasteiger partial charge on any atom is -0.451 e. The number of carbonyl (C=O) groups excluding carboxylic acids is 2. The van der Waals surface area contributed by atoms with E-state index in [1.165, 1.54) is 6.07 Å². The normalized spacial score (nSPS) is 21.2. The first-order valence-corrected chi connectivity index (χ1v) is 12.8. The van der Waals surface area contributed by atoms with E-state index < -0.39 is 28.2 Å². The Labute approximate surface area is 178 Å². The van der Waals surface area contributed by atoms with Gasteiger partial charge in [-0.1, -0.05) is 18.9 Å². The van der Waals surface area contributed by atoms with Crippen LogP contribution in [0.5, 0.6) is 0 Å². The van der Waals surface area contributed by atoms with Crippen molar-refractivity contribution in [1.29, 1.82) is 0 Å². The van der Waals surface area contributed by atoms with E-state index in [1.54, 1.807) is 24.0 Å². The minimum atomic E-state index is -3.14. The SMILES string of the molecule is Cc1c(C(=O)OCC(=O)N(C2CCCC2)C2CCS(=O)(=O)C2)sc2cccc(F)c12. The number of thiophene rings is 1. The van der Waals surface area contributed by atoms with Gasteiger partial charge in [0.1, 0.15) is 10.7 Å². The number of nitrogens with zero attached hydrogens (tertiary/aromatic N) is 1. The van der Waals surface area contributed by atoms with E-state index in [2.05, 4.69) is 0 Å². The summed E-state index contributed by atoms with van der Waals surface area (Å²) in [7, 11) is -3.14. The van der Waals surface area contributed by atoms with Gasteiger partial charge < -0.3 is 9.64 Å². The Hall–Kier alpha value is -2.00. The molecule has 1 unspecified atom stereocenters. The number of amides is 1. The fraction of sp³-hybridized carbons (Fsp3) is 0.524. The molecule has 1 amide bonds. The molecule has 1 saturated heterocycles. The molecule has 9 heteroatoms. The summed E-state index contributed by atoms with van der Waals surface area (Å²) < 4.78 is 43.9. The number of aryl methyl sites for hydroxylation is 1. The largest absolute Gasteiger partial charge is 0.451 e. The van der Waals surface area contributed by atoms with Crippen molar-refractivity contribution in [2.24, 2.45) is 0 Å². The van der Waals surface area contributed by atoms with Gasteiger partial charge in [-0.25, -0.2) is 17.6 Å². The second-order valence-corrected chi connectivity index (χ2v) is 11.3. The predicted molar refractivity (Wildman–Crippen MR) is 113 cm³/mol. The van der Waals surface area contributed by atoms with Crippen molar-refractivity contribution < 1.29 is 27.1 Å². The number of hydrogen-bond donors (Lipinski definition) is 0. The van der Waals surface area contributed by atoms with Crippen molar-refractivity contribution in [2.45, 2.75) is 51.1 Å². The Morgan fingerprint density at radius 1 is 1.20 bits per heavy atom. The molecule has 1 aliphatic heterocycles. The molecule has 2 aromatic rings. The molecule has 1 aliphatic carbocycles. The van der Waals surface area contributed by atoms with Gasteiger partial charge in [0, 0.05) is 22.2 Å². The number of ether oxygens (including phenoxy) is 1. The number of rotatable bonds is 5. The highest BCUT2D eigenvalue weighted by Gasteiger charge is 2.39. The third-order valence-corrected chi connectivity index (χ3v) is 9.01. The molecule has 30 heavy (non-hydrogen) atoms. The maximum Gasteiger partial charge on any atom is 0.349 e. The van der Waals surface area contributed by atoms with Crippen molar-refractivity contribution in [1.82, 2.24) is 4.90 Å². The molecular formula is C21H24FNO5S2. The van der Waals surface area contributed by atoms with Crippen molar-refractivity contribution >= 4 is 43.1 Å². The fourth-order valence-electron chi connectivity index (χ4n) is 4.60. The van der Waals surface area contributed by atoms with Crippen LogP contribution in [-0.4, -0.2) is 55.4 Å². The van der Waals surface area contributed by atoms with Crippen LogP contribution in [0.2, 0.25) is 0 Å². The molecule has 2 heterocycles. The average molecular weight is 454 g/mol. The summed E-state index contributed by atoms with van der Waals surface area (Å²) >= 11 is 1.14. The molecule has 0 N–H and O–H groups in total. The van der Waals surface area contributed by atoms with Crippen molar-refractivity contribution in [2.75, 3.05) is 18.1 Å². The van der Waals surface area contributed by atoms with Crippen LogP contribution in [0.15, 0.2) is 18.2 Å². The lowest BCUT2D eigenvalue weighted by Gasteiger charge is -2.33. The Morgan fingerprint density at radius 2 is 1.93 bits per heavy atom. The molecule has 1 aromatic carbocycles. The minimum absolute atomic E-state index is 0.00494. The van der Waals surface area contributed by atoms with Crippen LogP contribution in [0.3, 0.4) is 0 Å². The Balaban J connectivity index is 1.49. The first-order valence-electron chi connectivity index (χ1n) is 10.1. The fourth-order valence-corrected chi connectivity index (χ4v) is 7.43. The summed E-state index contributed by atoms with van der Waals surface area (Å²) in [5, 5.41) is 0.393. The Morgan fingerprint density at radius 3 is 2.57 bits per heavy atom. The van der Waals surface area contributed by atoms with E-state index in [4.69, 9.17) is 4.74 Å². The van der Waals surface area contributed by atoms with Crippen molar-refractivity contribution in [3.8, 4) is 0 Å². The van der Waals surface area contributed by atoms with Crippen LogP contribution in [-0.2, 0) is 19.4 Å². The van der Waals surface area contributed by atoms with Crippen molar-refractivity contribution in [3.63, 3.8) is 0 Å². The van der Waals surface area contributed by atoms with Gasteiger partial charge in [0.05, 0.1) is 11.5 Å². The highest BCUT2D eigenvalue weighted by atomic mass is 32.2. The topological polar surface area (TPSA) is 80.8 Å². The number of halogens is 1. The number of carbonyl (C=O) groups is 2. The lowest BCUT2D eigenvalue weighted by atomic mass is 10.1. The van der Waals surface area contributed by atoms with Gasteiger partial charge in [-0.2, -0.15) is 0 Å². The number of sulfone groups is 1. The molecule has 0 radical (unpaired) electrons. The van der Waals surface area contributed by atoms with Crippen LogP contribution >= 0.6 is 11.3 Å². The first-order chi connectivity index (χ1) is 14.3. The lowest BCUT2D eigenvalue weighted by Crippen LogP contribution is -2.48. The third-order valence-electron chi connectivity index (χ3n) is 6.02. The molecule has 162 valence electrons. The summed E-state index contributed by atoms with van der Waals surface area (Å²) in [6, 6.07) is 4.30. The Kier molecular flexibility index (Phi) is 5.85. The van der Waals surface area contributed by atoms with E-state index in [0.29, 0.717) is 22.1 Å². The number of hydrogen-bond acceptors (Lipinski definition) is 6. The molecule has 2 fully saturated rings. The molecule has 6 nitrogen and oxygen atoms in total. The molecule has 1 saturated carbocycles. The van der Waals surface area contributed by atoms with E-state index in [1.807, 2.05) is 0 Å². The van der Waals surface area contributed by atoms with Crippen LogP contribution < -0.4 is 0 Å². The smallest absolute Gasteiger partial charge is 0.349 e. The summed E-state index contributed by atoms with van der Waals surface area (Å²) in [4.78, 5) is 27.5. The van der Waals surface area contributed by atoms with Crippen LogP contribution in [0, 0.1) is 12.7 Å². The molecule has 2 aliphatic rings. The summed E-state index contributed by atoms with van der Waals surface area (Å²) in [5.74, 6) is -1.36. The number of esters is 1. The highest BCUT2D eigenvalue weighted by molar-refractivity contribution is 7.91. The standard InChI is InChI=1S/C21H24FNO5S2/c1-13-19-16(22)7-4-8-17(19)29-20(13)21(25)28-11-18(24)23(14-5-2-3-6-14)15-9-10-30(26,27)12-15/h4,7-8,14-15H,2-3,5-6,9-12H2,1H3. The van der Waals surface area contributed by atoms with Crippen LogP contribution in [0.1, 0.15) is 47.3 Å². The first kappa shape index (κ1) is 21.2. The van der Waals surface area contributed by atoms with Gasteiger partial charge in [0.25, 0.3) is 5.91 Å². The third kappa shape index (κ3) is 4.09. The van der Waals surface area contributed by atoms with Gasteiger partial charge in [0.15, 0.2) is 16.4 Å². The second-order valence-electron chi connectivity index (χ2n) is 8.04. The molecule has 0 bridgehead atoms. The quantitative estimate of drug-likeness (QED) is 0.648. The van der Waals surface area contributed by atoms with Gasteiger partial charge in [-0.05, 0) is 43.9 Å². The monoisotopic (exact) mass is 453 g/mol. The average Bonchev–Trinajstić information content (AvgIpc) is 3.41. The number of fused-ring (bicyclic) bond motifs is 1. The van der Waals surface area contributed by atoms with E-state index in [-0.39, 0.29) is 34.4 Å². The molecular weight excluding hydrogens is 429 g/mol. The van der Waals surface area contributed by atoms with E-state index >= 15 is 0 Å². The molecule has 4 rings (SSSR count). The zero-order valence-electron chi connectivity index (χ0n) is 16.7. The summed E-state index contributed by atoms with van der Waals surface area (Å²) in [6.45, 7) is 1.22. The van der Waals surface area contributed by atoms with E-state index in [9.17, 15) is 22.4 Å². The number of benzene rings is 1. The van der Waals surface area contributed by atoms with Gasteiger partial charge in [-0.3, -0.25) is 4.79 Å². The molecule has 1 atom stereocenters.